The molecule has 3 aliphatic rings. The van der Waals surface area contributed by atoms with Crippen molar-refractivity contribution in [2.24, 2.45) is 11.3 Å². The van der Waals surface area contributed by atoms with Crippen molar-refractivity contribution >= 4 is 5.91 Å². The second-order valence-electron chi connectivity index (χ2n) is 4.31. The number of carbonyl (C=O) groups excluding carboxylic acids is 1. The summed E-state index contributed by atoms with van der Waals surface area (Å²) in [5.74, 6) is 0.978. The summed E-state index contributed by atoms with van der Waals surface area (Å²) in [4.78, 5) is 10.7. The molecular weight excluding hydrogens is 152 g/mol. The van der Waals surface area contributed by atoms with Gasteiger partial charge < -0.3 is 10.6 Å². The van der Waals surface area contributed by atoms with Crippen LogP contribution >= 0.6 is 0 Å². The fourth-order valence-electron chi connectivity index (χ4n) is 2.51. The molecule has 3 heteroatoms. The molecule has 1 aliphatic carbocycles. The molecule has 0 radical (unpaired) electrons. The molecule has 2 heterocycles. The Morgan fingerprint density at radius 2 is 2.42 bits per heavy atom. The van der Waals surface area contributed by atoms with E-state index in [1.165, 1.54) is 19.4 Å². The third-order valence-electron chi connectivity index (χ3n) is 3.09. The SMILES string of the molecule is CC(=O)NCC12CNCC(C1)C2. The van der Waals surface area contributed by atoms with Gasteiger partial charge in [0.05, 0.1) is 0 Å². The minimum Gasteiger partial charge on any atom is -0.356 e. The fourth-order valence-corrected chi connectivity index (χ4v) is 2.51. The Hall–Kier alpha value is -0.570. The number of piperidine rings is 2. The first-order chi connectivity index (χ1) is 5.70. The van der Waals surface area contributed by atoms with E-state index in [0.29, 0.717) is 5.41 Å². The van der Waals surface area contributed by atoms with Crippen molar-refractivity contribution in [1.82, 2.24) is 10.6 Å². The lowest BCUT2D eigenvalue weighted by molar-refractivity contribution is -0.120. The zero-order valence-electron chi connectivity index (χ0n) is 7.52. The predicted molar refractivity (Wildman–Crippen MR) is 46.7 cm³/mol. The van der Waals surface area contributed by atoms with Crippen molar-refractivity contribution < 1.29 is 4.79 Å². The van der Waals surface area contributed by atoms with E-state index in [0.717, 1.165) is 19.0 Å². The minimum absolute atomic E-state index is 0.0957. The Bertz CT molecular complexity index is 191. The van der Waals surface area contributed by atoms with E-state index in [1.54, 1.807) is 6.92 Å². The van der Waals surface area contributed by atoms with E-state index < -0.39 is 0 Å². The number of hydrogen-bond acceptors (Lipinski definition) is 2. The molecule has 12 heavy (non-hydrogen) atoms. The highest BCUT2D eigenvalue weighted by molar-refractivity contribution is 5.72. The zero-order chi connectivity index (χ0) is 8.60. The average Bonchev–Trinajstić information content (AvgIpc) is 2.01. The normalized spacial score (nSPS) is 38.6. The largest absolute Gasteiger partial charge is 0.356 e. The monoisotopic (exact) mass is 168 g/mol. The van der Waals surface area contributed by atoms with Gasteiger partial charge in [-0.25, -0.2) is 0 Å². The molecular formula is C9H16N2O. The summed E-state index contributed by atoms with van der Waals surface area (Å²) in [5.41, 5.74) is 0.411. The molecule has 0 unspecified atom stereocenters. The molecule has 0 aromatic rings. The van der Waals surface area contributed by atoms with E-state index in [1.807, 2.05) is 0 Å². The van der Waals surface area contributed by atoms with E-state index in [9.17, 15) is 4.79 Å². The summed E-state index contributed by atoms with van der Waals surface area (Å²) in [6.07, 6.45) is 2.61. The van der Waals surface area contributed by atoms with E-state index in [-0.39, 0.29) is 5.91 Å². The van der Waals surface area contributed by atoms with Gasteiger partial charge in [0.1, 0.15) is 0 Å². The first kappa shape index (κ1) is 8.05. The molecule has 2 saturated heterocycles. The molecule has 1 saturated carbocycles. The van der Waals surface area contributed by atoms with Gasteiger partial charge in [0.2, 0.25) is 5.91 Å². The van der Waals surface area contributed by atoms with Gasteiger partial charge in [-0.15, -0.1) is 0 Å². The van der Waals surface area contributed by atoms with Crippen LogP contribution in [0.15, 0.2) is 0 Å². The first-order valence-electron chi connectivity index (χ1n) is 4.65. The summed E-state index contributed by atoms with van der Waals surface area (Å²) in [7, 11) is 0. The van der Waals surface area contributed by atoms with Gasteiger partial charge in [-0.3, -0.25) is 4.79 Å². The van der Waals surface area contributed by atoms with Gasteiger partial charge in [-0.2, -0.15) is 0 Å². The topological polar surface area (TPSA) is 41.1 Å². The highest BCUT2D eigenvalue weighted by Crippen LogP contribution is 2.47. The van der Waals surface area contributed by atoms with Crippen LogP contribution < -0.4 is 10.6 Å². The number of fused-ring (bicyclic) bond motifs is 2. The van der Waals surface area contributed by atoms with Crippen LogP contribution in [0.25, 0.3) is 0 Å². The summed E-state index contributed by atoms with van der Waals surface area (Å²) >= 11 is 0. The second kappa shape index (κ2) is 2.73. The van der Waals surface area contributed by atoms with Crippen molar-refractivity contribution in [2.75, 3.05) is 19.6 Å². The van der Waals surface area contributed by atoms with Gasteiger partial charge >= 0.3 is 0 Å². The van der Waals surface area contributed by atoms with E-state index >= 15 is 0 Å². The molecule has 0 aromatic carbocycles. The van der Waals surface area contributed by atoms with Crippen molar-refractivity contribution in [2.45, 2.75) is 19.8 Å². The molecule has 2 aliphatic heterocycles. The van der Waals surface area contributed by atoms with E-state index in [2.05, 4.69) is 10.6 Å². The van der Waals surface area contributed by atoms with Gasteiger partial charge in [0.25, 0.3) is 0 Å². The maximum Gasteiger partial charge on any atom is 0.216 e. The Kier molecular flexibility index (Phi) is 1.83. The molecule has 0 atom stereocenters. The molecule has 0 aromatic heterocycles. The van der Waals surface area contributed by atoms with E-state index in [4.69, 9.17) is 0 Å². The molecule has 1 amide bonds. The van der Waals surface area contributed by atoms with Crippen LogP contribution in [-0.2, 0) is 4.79 Å². The summed E-state index contributed by atoms with van der Waals surface area (Å²) in [6, 6.07) is 0. The Balaban J connectivity index is 1.83. The first-order valence-corrected chi connectivity index (χ1v) is 4.65. The van der Waals surface area contributed by atoms with Crippen LogP contribution in [0.1, 0.15) is 19.8 Å². The molecule has 68 valence electrons. The lowest BCUT2D eigenvalue weighted by Crippen LogP contribution is -2.58. The third-order valence-corrected chi connectivity index (χ3v) is 3.09. The summed E-state index contributed by atoms with van der Waals surface area (Å²) < 4.78 is 0. The van der Waals surface area contributed by atoms with Crippen molar-refractivity contribution in [1.29, 1.82) is 0 Å². The highest BCUT2D eigenvalue weighted by Gasteiger charge is 2.46. The van der Waals surface area contributed by atoms with Crippen LogP contribution in [0.5, 0.6) is 0 Å². The Morgan fingerprint density at radius 3 is 2.92 bits per heavy atom. The molecule has 2 bridgehead atoms. The lowest BCUT2D eigenvalue weighted by atomic mass is 9.59. The van der Waals surface area contributed by atoms with Gasteiger partial charge in [-0.1, -0.05) is 0 Å². The minimum atomic E-state index is 0.0957. The molecule has 3 fully saturated rings. The van der Waals surface area contributed by atoms with Crippen molar-refractivity contribution in [3.63, 3.8) is 0 Å². The smallest absolute Gasteiger partial charge is 0.216 e. The van der Waals surface area contributed by atoms with Crippen LogP contribution in [0.2, 0.25) is 0 Å². The van der Waals surface area contributed by atoms with Crippen LogP contribution in [-0.4, -0.2) is 25.5 Å². The van der Waals surface area contributed by atoms with Crippen molar-refractivity contribution in [3.05, 3.63) is 0 Å². The number of rotatable bonds is 2. The molecule has 0 spiro atoms. The third kappa shape index (κ3) is 1.33. The Labute approximate surface area is 72.9 Å². The van der Waals surface area contributed by atoms with Crippen LogP contribution in [0.3, 0.4) is 0 Å². The van der Waals surface area contributed by atoms with Crippen LogP contribution in [0.4, 0.5) is 0 Å². The molecule has 3 rings (SSSR count). The predicted octanol–water partition coefficient (Wildman–Crippen LogP) is 0.122. The number of nitrogens with one attached hydrogen (secondary N) is 2. The second-order valence-corrected chi connectivity index (χ2v) is 4.31. The van der Waals surface area contributed by atoms with Crippen LogP contribution in [0, 0.1) is 11.3 Å². The zero-order valence-corrected chi connectivity index (χ0v) is 7.52. The lowest BCUT2D eigenvalue weighted by Gasteiger charge is -2.52. The van der Waals surface area contributed by atoms with Crippen molar-refractivity contribution in [3.8, 4) is 0 Å². The molecule has 3 nitrogen and oxygen atoms in total. The Morgan fingerprint density at radius 1 is 1.67 bits per heavy atom. The number of hydrogen-bond donors (Lipinski definition) is 2. The molecule has 2 N–H and O–H groups in total. The quantitative estimate of drug-likeness (QED) is 0.615. The average molecular weight is 168 g/mol. The summed E-state index contributed by atoms with van der Waals surface area (Å²) in [5, 5.41) is 6.31. The van der Waals surface area contributed by atoms with Gasteiger partial charge in [-0.05, 0) is 25.3 Å². The maximum atomic E-state index is 10.7. The maximum absolute atomic E-state index is 10.7. The van der Waals surface area contributed by atoms with Gasteiger partial charge in [0.15, 0.2) is 0 Å². The summed E-state index contributed by atoms with van der Waals surface area (Å²) in [6.45, 7) is 4.72. The highest BCUT2D eigenvalue weighted by atomic mass is 16.1. The standard InChI is InChI=1S/C9H16N2O/c1-7(12)11-6-9-2-8(3-9)4-10-5-9/h8,10H,2-6H2,1H3,(H,11,12). The number of amides is 1. The van der Waals surface area contributed by atoms with Gasteiger partial charge in [0, 0.05) is 25.4 Å². The number of carbonyl (C=O) groups is 1. The fraction of sp³-hybridized carbons (Fsp3) is 0.889.